The minimum absolute atomic E-state index is 0.665. The van der Waals surface area contributed by atoms with E-state index >= 15 is 0 Å². The molecular formula is C13H19N7O. The van der Waals surface area contributed by atoms with E-state index in [0.29, 0.717) is 5.88 Å². The minimum Gasteiger partial charge on any atom is -0.481 e. The number of fused-ring (bicyclic) bond motifs is 1. The Morgan fingerprint density at radius 2 is 2.24 bits per heavy atom. The predicted octanol–water partition coefficient (Wildman–Crippen LogP) is 0.440. The molecule has 0 unspecified atom stereocenters. The molecule has 0 atom stereocenters. The Labute approximate surface area is 123 Å². The van der Waals surface area contributed by atoms with Crippen molar-refractivity contribution in [3.8, 4) is 5.88 Å². The van der Waals surface area contributed by atoms with Crippen LogP contribution in [-0.2, 0) is 26.1 Å². The molecule has 2 aromatic heterocycles. The molecule has 0 aromatic carbocycles. The lowest BCUT2D eigenvalue weighted by atomic mass is 10.1. The summed E-state index contributed by atoms with van der Waals surface area (Å²) in [5.74, 6) is 1.56. The number of methoxy groups -OCH3 is 1. The molecule has 112 valence electrons. The van der Waals surface area contributed by atoms with Crippen molar-refractivity contribution in [2.45, 2.75) is 39.4 Å². The Morgan fingerprint density at radius 1 is 1.33 bits per heavy atom. The summed E-state index contributed by atoms with van der Waals surface area (Å²) >= 11 is 0. The lowest BCUT2D eigenvalue weighted by molar-refractivity contribution is 0.226. The average Bonchev–Trinajstić information content (AvgIpc) is 2.94. The Bertz CT molecular complexity index is 598. The van der Waals surface area contributed by atoms with Crippen LogP contribution in [0.5, 0.6) is 5.88 Å². The van der Waals surface area contributed by atoms with Crippen molar-refractivity contribution in [2.24, 2.45) is 0 Å². The van der Waals surface area contributed by atoms with Crippen LogP contribution >= 0.6 is 0 Å². The smallest absolute Gasteiger partial charge is 0.220 e. The van der Waals surface area contributed by atoms with Crippen molar-refractivity contribution in [1.29, 1.82) is 0 Å². The van der Waals surface area contributed by atoms with Crippen LogP contribution in [0.15, 0.2) is 6.33 Å². The molecule has 0 aliphatic carbocycles. The van der Waals surface area contributed by atoms with E-state index in [0.717, 1.165) is 56.1 Å². The Balaban J connectivity index is 1.75. The van der Waals surface area contributed by atoms with Crippen molar-refractivity contribution >= 4 is 0 Å². The quantitative estimate of drug-likeness (QED) is 0.790. The zero-order chi connectivity index (χ0) is 14.7. The second-order valence-electron chi connectivity index (χ2n) is 5.09. The summed E-state index contributed by atoms with van der Waals surface area (Å²) in [5.41, 5.74) is 2.15. The van der Waals surface area contributed by atoms with Crippen LogP contribution in [0, 0.1) is 0 Å². The van der Waals surface area contributed by atoms with Gasteiger partial charge in [-0.15, -0.1) is 5.10 Å². The molecule has 0 spiro atoms. The van der Waals surface area contributed by atoms with Gasteiger partial charge in [0.25, 0.3) is 0 Å². The second kappa shape index (κ2) is 6.13. The largest absolute Gasteiger partial charge is 0.481 e. The molecule has 8 heteroatoms. The molecule has 0 bridgehead atoms. The number of hydrogen-bond donors (Lipinski definition) is 0. The standard InChI is InChI=1S/C13H19N7O/c1-3-5-20-12(16-17-18-20)8-19-6-4-11-10(7-19)13(21-2)15-9-14-11/h9H,3-8H2,1-2H3. The van der Waals surface area contributed by atoms with Gasteiger partial charge in [0.05, 0.1) is 19.3 Å². The van der Waals surface area contributed by atoms with Gasteiger partial charge in [-0.25, -0.2) is 14.6 Å². The maximum Gasteiger partial charge on any atom is 0.220 e. The van der Waals surface area contributed by atoms with E-state index < -0.39 is 0 Å². The summed E-state index contributed by atoms with van der Waals surface area (Å²) < 4.78 is 7.20. The third-order valence-electron chi connectivity index (χ3n) is 3.64. The Hall–Kier alpha value is -2.09. The van der Waals surface area contributed by atoms with Crippen LogP contribution < -0.4 is 4.74 Å². The molecule has 0 amide bonds. The molecule has 2 aromatic rings. The van der Waals surface area contributed by atoms with Gasteiger partial charge >= 0.3 is 0 Å². The molecule has 3 heterocycles. The third kappa shape index (κ3) is 2.85. The summed E-state index contributed by atoms with van der Waals surface area (Å²) in [6.45, 7) is 5.39. The number of nitrogens with zero attached hydrogens (tertiary/aromatic N) is 7. The topological polar surface area (TPSA) is 81.9 Å². The van der Waals surface area contributed by atoms with Crippen LogP contribution in [-0.4, -0.2) is 48.7 Å². The third-order valence-corrected chi connectivity index (χ3v) is 3.64. The van der Waals surface area contributed by atoms with Crippen molar-refractivity contribution < 1.29 is 4.74 Å². The maximum absolute atomic E-state index is 5.34. The molecule has 3 rings (SSSR count). The number of tetrazole rings is 1. The monoisotopic (exact) mass is 289 g/mol. The van der Waals surface area contributed by atoms with Crippen LogP contribution in [0.1, 0.15) is 30.4 Å². The van der Waals surface area contributed by atoms with Gasteiger partial charge in [-0.3, -0.25) is 4.90 Å². The van der Waals surface area contributed by atoms with Crippen LogP contribution in [0.3, 0.4) is 0 Å². The zero-order valence-electron chi connectivity index (χ0n) is 12.4. The minimum atomic E-state index is 0.665. The first kappa shape index (κ1) is 13.9. The van der Waals surface area contributed by atoms with Crippen molar-refractivity contribution in [3.05, 3.63) is 23.4 Å². The van der Waals surface area contributed by atoms with Gasteiger partial charge in [0.1, 0.15) is 6.33 Å². The molecule has 0 radical (unpaired) electrons. The van der Waals surface area contributed by atoms with Crippen molar-refractivity contribution in [3.63, 3.8) is 0 Å². The van der Waals surface area contributed by atoms with E-state index in [2.05, 4.69) is 37.3 Å². The first-order valence-electron chi connectivity index (χ1n) is 7.16. The number of aryl methyl sites for hydroxylation is 1. The maximum atomic E-state index is 5.34. The highest BCUT2D eigenvalue weighted by Gasteiger charge is 2.23. The van der Waals surface area contributed by atoms with Gasteiger partial charge < -0.3 is 4.74 Å². The SMILES string of the molecule is CCCn1nnnc1CN1CCc2ncnc(OC)c2C1. The predicted molar refractivity (Wildman–Crippen MR) is 74.5 cm³/mol. The van der Waals surface area contributed by atoms with E-state index in [-0.39, 0.29) is 0 Å². The Morgan fingerprint density at radius 3 is 3.05 bits per heavy atom. The van der Waals surface area contributed by atoms with Crippen LogP contribution in [0.25, 0.3) is 0 Å². The van der Waals surface area contributed by atoms with Crippen molar-refractivity contribution in [1.82, 2.24) is 35.1 Å². The van der Waals surface area contributed by atoms with Gasteiger partial charge in [0, 0.05) is 31.6 Å². The normalized spacial score (nSPS) is 15.0. The molecule has 8 nitrogen and oxygen atoms in total. The average molecular weight is 289 g/mol. The van der Waals surface area contributed by atoms with Crippen LogP contribution in [0.4, 0.5) is 0 Å². The molecule has 21 heavy (non-hydrogen) atoms. The summed E-state index contributed by atoms with van der Waals surface area (Å²) in [7, 11) is 1.64. The molecule has 0 saturated heterocycles. The highest BCUT2D eigenvalue weighted by Crippen LogP contribution is 2.24. The van der Waals surface area contributed by atoms with E-state index in [9.17, 15) is 0 Å². The van der Waals surface area contributed by atoms with E-state index in [1.165, 1.54) is 0 Å². The molecule has 0 N–H and O–H groups in total. The lowest BCUT2D eigenvalue weighted by Crippen LogP contribution is -2.32. The van der Waals surface area contributed by atoms with Gasteiger partial charge in [0.15, 0.2) is 5.82 Å². The fourth-order valence-electron chi connectivity index (χ4n) is 2.60. The summed E-state index contributed by atoms with van der Waals surface area (Å²) in [5, 5.41) is 11.9. The molecular weight excluding hydrogens is 270 g/mol. The highest BCUT2D eigenvalue weighted by molar-refractivity contribution is 5.31. The number of ether oxygens (including phenoxy) is 1. The van der Waals surface area contributed by atoms with E-state index in [1.807, 2.05) is 4.68 Å². The fraction of sp³-hybridized carbons (Fsp3) is 0.615. The van der Waals surface area contributed by atoms with Gasteiger partial charge in [-0.05, 0) is 16.8 Å². The summed E-state index contributed by atoms with van der Waals surface area (Å²) in [6.07, 6.45) is 3.47. The van der Waals surface area contributed by atoms with Gasteiger partial charge in [-0.1, -0.05) is 6.92 Å². The highest BCUT2D eigenvalue weighted by atomic mass is 16.5. The lowest BCUT2D eigenvalue weighted by Gasteiger charge is -2.27. The second-order valence-corrected chi connectivity index (χ2v) is 5.09. The van der Waals surface area contributed by atoms with E-state index in [1.54, 1.807) is 13.4 Å². The molecule has 0 fully saturated rings. The zero-order valence-corrected chi connectivity index (χ0v) is 12.4. The molecule has 1 aliphatic heterocycles. The first-order valence-corrected chi connectivity index (χ1v) is 7.16. The van der Waals surface area contributed by atoms with Crippen LogP contribution in [0.2, 0.25) is 0 Å². The van der Waals surface area contributed by atoms with E-state index in [4.69, 9.17) is 4.74 Å². The fourth-order valence-corrected chi connectivity index (χ4v) is 2.60. The molecule has 1 aliphatic rings. The van der Waals surface area contributed by atoms with Crippen molar-refractivity contribution in [2.75, 3.05) is 13.7 Å². The Kier molecular flexibility index (Phi) is 4.05. The van der Waals surface area contributed by atoms with Gasteiger partial charge in [0.2, 0.25) is 5.88 Å². The summed E-state index contributed by atoms with van der Waals surface area (Å²) in [6, 6.07) is 0. The summed E-state index contributed by atoms with van der Waals surface area (Å²) in [4.78, 5) is 10.8. The number of aromatic nitrogens is 6. The van der Waals surface area contributed by atoms with Gasteiger partial charge in [-0.2, -0.15) is 0 Å². The number of hydrogen-bond acceptors (Lipinski definition) is 7. The first-order chi connectivity index (χ1) is 10.3. The molecule has 0 saturated carbocycles. The number of rotatable bonds is 5.